The molecule has 1 aromatic rings. The zero-order valence-electron chi connectivity index (χ0n) is 10.9. The van der Waals surface area contributed by atoms with Crippen molar-refractivity contribution in [3.63, 3.8) is 0 Å². The molecule has 1 atom stereocenters. The summed E-state index contributed by atoms with van der Waals surface area (Å²) in [6.45, 7) is 9.08. The Bertz CT molecular complexity index is 311. The number of benzene rings is 1. The number of halogens is 1. The van der Waals surface area contributed by atoms with Crippen LogP contribution in [0, 0.1) is 0 Å². The van der Waals surface area contributed by atoms with Crippen molar-refractivity contribution in [3.8, 4) is 0 Å². The topological polar surface area (TPSA) is 0 Å². The maximum Gasteiger partial charge on any atom is 0.0395 e. The van der Waals surface area contributed by atoms with Crippen LogP contribution in [0.15, 0.2) is 24.3 Å². The molecule has 0 N–H and O–H groups in total. The van der Waals surface area contributed by atoms with Crippen molar-refractivity contribution >= 4 is 15.9 Å². The molecular weight excluding hydrogens is 260 g/mol. The first-order valence-corrected chi connectivity index (χ1v) is 7.17. The van der Waals surface area contributed by atoms with Crippen LogP contribution in [-0.4, -0.2) is 0 Å². The third-order valence-corrected chi connectivity index (χ3v) is 4.47. The second-order valence-electron chi connectivity index (χ2n) is 5.12. The molecule has 0 radical (unpaired) electrons. The van der Waals surface area contributed by atoms with Crippen molar-refractivity contribution in [1.29, 1.82) is 0 Å². The van der Waals surface area contributed by atoms with Gasteiger partial charge >= 0.3 is 0 Å². The Morgan fingerprint density at radius 1 is 1.12 bits per heavy atom. The van der Waals surface area contributed by atoms with E-state index in [1.54, 1.807) is 0 Å². The van der Waals surface area contributed by atoms with Gasteiger partial charge < -0.3 is 0 Å². The molecule has 0 bridgehead atoms. The molecule has 0 aliphatic heterocycles. The van der Waals surface area contributed by atoms with Gasteiger partial charge in [0, 0.05) is 4.83 Å². The van der Waals surface area contributed by atoms with Crippen LogP contribution in [0.1, 0.15) is 62.9 Å². The van der Waals surface area contributed by atoms with Crippen LogP contribution in [0.25, 0.3) is 0 Å². The molecule has 1 aromatic carbocycles. The average Bonchev–Trinajstić information content (AvgIpc) is 2.29. The van der Waals surface area contributed by atoms with Crippen molar-refractivity contribution in [1.82, 2.24) is 0 Å². The predicted molar refractivity (Wildman–Crippen MR) is 76.3 cm³/mol. The smallest absolute Gasteiger partial charge is 0.0395 e. The summed E-state index contributed by atoms with van der Waals surface area (Å²) in [5, 5.41) is 0. The van der Waals surface area contributed by atoms with Gasteiger partial charge in [-0.25, -0.2) is 0 Å². The van der Waals surface area contributed by atoms with E-state index in [0.717, 1.165) is 0 Å². The lowest BCUT2D eigenvalue weighted by Crippen LogP contribution is -2.15. The third-order valence-electron chi connectivity index (χ3n) is 3.48. The lowest BCUT2D eigenvalue weighted by Gasteiger charge is -2.23. The second-order valence-corrected chi connectivity index (χ2v) is 6.22. The van der Waals surface area contributed by atoms with Crippen LogP contribution >= 0.6 is 15.9 Å². The highest BCUT2D eigenvalue weighted by Gasteiger charge is 2.18. The molecule has 0 saturated heterocycles. The van der Waals surface area contributed by atoms with Crippen LogP contribution in [0.5, 0.6) is 0 Å². The monoisotopic (exact) mass is 282 g/mol. The molecule has 0 nitrogen and oxygen atoms in total. The van der Waals surface area contributed by atoms with Crippen molar-refractivity contribution < 1.29 is 0 Å². The van der Waals surface area contributed by atoms with Crippen molar-refractivity contribution in [2.75, 3.05) is 0 Å². The molecule has 0 aromatic heterocycles. The molecule has 0 spiro atoms. The van der Waals surface area contributed by atoms with Gasteiger partial charge in [0.1, 0.15) is 0 Å². The Morgan fingerprint density at radius 3 is 2.12 bits per heavy atom. The van der Waals surface area contributed by atoms with E-state index in [1.807, 2.05) is 0 Å². The number of hydrogen-bond donors (Lipinski definition) is 0. The van der Waals surface area contributed by atoms with Gasteiger partial charge in [0.2, 0.25) is 0 Å². The van der Waals surface area contributed by atoms with E-state index in [9.17, 15) is 0 Å². The minimum atomic E-state index is 0.297. The summed E-state index contributed by atoms with van der Waals surface area (Å²) in [7, 11) is 0. The Hall–Kier alpha value is -0.300. The fourth-order valence-corrected chi connectivity index (χ4v) is 2.53. The summed E-state index contributed by atoms with van der Waals surface area (Å²) < 4.78 is 0. The van der Waals surface area contributed by atoms with Crippen LogP contribution in [-0.2, 0) is 5.41 Å². The predicted octanol–water partition coefficient (Wildman–Crippen LogP) is 5.61. The number of hydrogen-bond acceptors (Lipinski definition) is 0. The van der Waals surface area contributed by atoms with E-state index >= 15 is 0 Å². The van der Waals surface area contributed by atoms with E-state index < -0.39 is 0 Å². The third kappa shape index (κ3) is 3.35. The molecule has 1 rings (SSSR count). The molecule has 0 saturated carbocycles. The molecule has 0 heterocycles. The fraction of sp³-hybridized carbons (Fsp3) is 0.600. The molecular formula is C15H23Br. The zero-order chi connectivity index (χ0) is 12.2. The summed E-state index contributed by atoms with van der Waals surface area (Å²) in [5.74, 6) is 0. The zero-order valence-corrected chi connectivity index (χ0v) is 12.5. The standard InChI is InChI=1S/C15H23Br/c1-5-7-14(16)12-8-10-13(11-9-12)15(3,4)6-2/h8-11,14H,5-7H2,1-4H3. The van der Waals surface area contributed by atoms with Gasteiger partial charge in [-0.3, -0.25) is 0 Å². The molecule has 0 aliphatic rings. The molecule has 16 heavy (non-hydrogen) atoms. The SMILES string of the molecule is CCCC(Br)c1ccc(C(C)(C)CC)cc1. The minimum Gasteiger partial charge on any atom is -0.0839 e. The van der Waals surface area contributed by atoms with Gasteiger partial charge in [0.15, 0.2) is 0 Å². The van der Waals surface area contributed by atoms with Crippen molar-refractivity contribution in [2.24, 2.45) is 0 Å². The van der Waals surface area contributed by atoms with Crippen molar-refractivity contribution in [3.05, 3.63) is 35.4 Å². The van der Waals surface area contributed by atoms with Crippen LogP contribution in [0.3, 0.4) is 0 Å². The van der Waals surface area contributed by atoms with E-state index in [1.165, 1.54) is 30.4 Å². The highest BCUT2D eigenvalue weighted by molar-refractivity contribution is 9.09. The Labute approximate surface area is 109 Å². The van der Waals surface area contributed by atoms with E-state index in [-0.39, 0.29) is 0 Å². The average molecular weight is 283 g/mol. The molecule has 90 valence electrons. The van der Waals surface area contributed by atoms with E-state index in [0.29, 0.717) is 10.2 Å². The van der Waals surface area contributed by atoms with E-state index in [4.69, 9.17) is 0 Å². The highest BCUT2D eigenvalue weighted by atomic mass is 79.9. The Morgan fingerprint density at radius 2 is 1.69 bits per heavy atom. The van der Waals surface area contributed by atoms with Gasteiger partial charge in [-0.05, 0) is 29.4 Å². The second kappa shape index (κ2) is 5.86. The van der Waals surface area contributed by atoms with Crippen LogP contribution in [0.2, 0.25) is 0 Å². The minimum absolute atomic E-state index is 0.297. The fourth-order valence-electron chi connectivity index (χ4n) is 1.77. The summed E-state index contributed by atoms with van der Waals surface area (Å²) in [4.78, 5) is 0.510. The highest BCUT2D eigenvalue weighted by Crippen LogP contribution is 2.31. The maximum atomic E-state index is 3.74. The quantitative estimate of drug-likeness (QED) is 0.616. The lowest BCUT2D eigenvalue weighted by molar-refractivity contribution is 0.506. The molecule has 0 aliphatic carbocycles. The summed E-state index contributed by atoms with van der Waals surface area (Å²) in [5.41, 5.74) is 3.14. The first kappa shape index (κ1) is 13.8. The Kier molecular flexibility index (Phi) is 5.04. The first-order chi connectivity index (χ1) is 7.51. The lowest BCUT2D eigenvalue weighted by atomic mass is 9.82. The summed E-state index contributed by atoms with van der Waals surface area (Å²) in [6.07, 6.45) is 3.60. The van der Waals surface area contributed by atoms with Gasteiger partial charge in [-0.15, -0.1) is 0 Å². The maximum absolute atomic E-state index is 3.74. The summed E-state index contributed by atoms with van der Waals surface area (Å²) in [6, 6.07) is 9.09. The number of rotatable bonds is 5. The first-order valence-electron chi connectivity index (χ1n) is 6.25. The largest absolute Gasteiger partial charge is 0.0839 e. The molecule has 1 unspecified atom stereocenters. The normalized spacial score (nSPS) is 13.8. The summed E-state index contributed by atoms with van der Waals surface area (Å²) >= 11 is 3.74. The Balaban J connectivity index is 2.83. The molecule has 0 amide bonds. The van der Waals surface area contributed by atoms with Crippen LogP contribution in [0.4, 0.5) is 0 Å². The molecule has 1 heteroatoms. The van der Waals surface area contributed by atoms with Gasteiger partial charge in [-0.2, -0.15) is 0 Å². The van der Waals surface area contributed by atoms with Gasteiger partial charge in [0.25, 0.3) is 0 Å². The number of alkyl halides is 1. The van der Waals surface area contributed by atoms with Gasteiger partial charge in [0.05, 0.1) is 0 Å². The molecule has 0 fully saturated rings. The van der Waals surface area contributed by atoms with Crippen molar-refractivity contribution in [2.45, 2.75) is 57.2 Å². The van der Waals surface area contributed by atoms with Gasteiger partial charge in [-0.1, -0.05) is 74.3 Å². The van der Waals surface area contributed by atoms with E-state index in [2.05, 4.69) is 67.9 Å². The van der Waals surface area contributed by atoms with Crippen LogP contribution < -0.4 is 0 Å².